The number of hydrogen-bond donors (Lipinski definition) is 2. The smallest absolute Gasteiger partial charge is 0.394 e. The maximum atomic E-state index is 10.9. The zero-order valence-corrected chi connectivity index (χ0v) is 11.3. The average molecular weight is 268 g/mol. The molecule has 0 aliphatic heterocycles. The fourth-order valence-corrected chi connectivity index (χ4v) is 2.58. The lowest BCUT2D eigenvalue weighted by Crippen LogP contribution is -2.45. The molecule has 106 valence electrons. The highest BCUT2D eigenvalue weighted by Crippen LogP contribution is 2.36. The van der Waals surface area contributed by atoms with E-state index >= 15 is 0 Å². The Balaban J connectivity index is 2.23. The van der Waals surface area contributed by atoms with Crippen LogP contribution in [-0.2, 0) is 7.05 Å². The molecule has 7 heteroatoms. The van der Waals surface area contributed by atoms with Crippen molar-refractivity contribution < 1.29 is 10.0 Å². The number of anilines is 1. The van der Waals surface area contributed by atoms with Gasteiger partial charge in [0.25, 0.3) is 0 Å². The molecule has 0 bridgehead atoms. The highest BCUT2D eigenvalue weighted by atomic mass is 16.6. The number of hydrogen-bond acceptors (Lipinski definition) is 5. The van der Waals surface area contributed by atoms with Crippen molar-refractivity contribution in [2.75, 3.05) is 11.9 Å². The third-order valence-corrected chi connectivity index (χ3v) is 4.01. The monoisotopic (exact) mass is 268 g/mol. The highest BCUT2D eigenvalue weighted by molar-refractivity contribution is 5.54. The molecule has 1 fully saturated rings. The van der Waals surface area contributed by atoms with E-state index in [9.17, 15) is 15.2 Å². The molecule has 0 amide bonds. The van der Waals surface area contributed by atoms with Crippen LogP contribution < -0.4 is 5.32 Å². The summed E-state index contributed by atoms with van der Waals surface area (Å²) < 4.78 is 1.59. The number of nitro groups is 1. The van der Waals surface area contributed by atoms with Crippen molar-refractivity contribution in [3.63, 3.8) is 0 Å². The number of rotatable bonds is 4. The molecule has 1 aromatic heterocycles. The van der Waals surface area contributed by atoms with Gasteiger partial charge in [0.2, 0.25) is 12.1 Å². The molecule has 19 heavy (non-hydrogen) atoms. The molecule has 2 N–H and O–H groups in total. The van der Waals surface area contributed by atoms with Crippen LogP contribution in [0.4, 0.5) is 11.6 Å². The van der Waals surface area contributed by atoms with Crippen LogP contribution in [0.1, 0.15) is 32.6 Å². The first-order valence-electron chi connectivity index (χ1n) is 6.52. The number of aryl methyl sites for hydroxylation is 1. The van der Waals surface area contributed by atoms with Crippen LogP contribution in [0.15, 0.2) is 6.33 Å². The Hall–Kier alpha value is -1.63. The van der Waals surface area contributed by atoms with Gasteiger partial charge < -0.3 is 20.5 Å². The lowest BCUT2D eigenvalue weighted by Gasteiger charge is -2.39. The fourth-order valence-electron chi connectivity index (χ4n) is 2.58. The number of nitrogens with one attached hydrogen (secondary N) is 1. The van der Waals surface area contributed by atoms with Gasteiger partial charge in [-0.05, 0) is 41.5 Å². The summed E-state index contributed by atoms with van der Waals surface area (Å²) in [6, 6.07) is 0. The quantitative estimate of drug-likeness (QED) is 0.640. The van der Waals surface area contributed by atoms with Crippen LogP contribution >= 0.6 is 0 Å². The van der Waals surface area contributed by atoms with Gasteiger partial charge in [-0.1, -0.05) is 6.92 Å². The molecule has 1 heterocycles. The van der Waals surface area contributed by atoms with Crippen LogP contribution in [0.25, 0.3) is 0 Å². The maximum Gasteiger partial charge on any atom is 0.406 e. The fraction of sp³-hybridized carbons (Fsp3) is 0.750. The second-order valence-electron chi connectivity index (χ2n) is 5.53. The predicted molar refractivity (Wildman–Crippen MR) is 70.9 cm³/mol. The first-order valence-corrected chi connectivity index (χ1v) is 6.52. The number of nitrogens with zero attached hydrogens (tertiary/aromatic N) is 3. The summed E-state index contributed by atoms with van der Waals surface area (Å²) in [5.41, 5.74) is -0.467. The van der Waals surface area contributed by atoms with Gasteiger partial charge in [0.15, 0.2) is 0 Å². The van der Waals surface area contributed by atoms with Gasteiger partial charge in [-0.25, -0.2) is 0 Å². The number of aliphatic hydroxyl groups excluding tert-OH is 1. The molecule has 0 atom stereocenters. The van der Waals surface area contributed by atoms with Crippen molar-refractivity contribution in [3.05, 3.63) is 16.4 Å². The van der Waals surface area contributed by atoms with Gasteiger partial charge in [-0.3, -0.25) is 4.57 Å². The van der Waals surface area contributed by atoms with E-state index in [4.69, 9.17) is 0 Å². The summed E-state index contributed by atoms with van der Waals surface area (Å²) in [5.74, 6) is 0.825. The lowest BCUT2D eigenvalue weighted by molar-refractivity contribution is -0.388. The molecule has 1 saturated carbocycles. The zero-order chi connectivity index (χ0) is 14.0. The summed E-state index contributed by atoms with van der Waals surface area (Å²) in [6.07, 6.45) is 5.06. The summed E-state index contributed by atoms with van der Waals surface area (Å²) in [7, 11) is 1.71. The molecule has 7 nitrogen and oxygen atoms in total. The van der Waals surface area contributed by atoms with Crippen molar-refractivity contribution in [2.24, 2.45) is 13.0 Å². The van der Waals surface area contributed by atoms with Crippen molar-refractivity contribution in [1.82, 2.24) is 9.55 Å². The third kappa shape index (κ3) is 2.70. The van der Waals surface area contributed by atoms with Gasteiger partial charge in [0.1, 0.15) is 0 Å². The van der Waals surface area contributed by atoms with Gasteiger partial charge in [0.05, 0.1) is 12.1 Å². The molecular weight excluding hydrogens is 248 g/mol. The number of aromatic nitrogens is 2. The largest absolute Gasteiger partial charge is 0.406 e. The first-order chi connectivity index (χ1) is 8.97. The van der Waals surface area contributed by atoms with Crippen molar-refractivity contribution in [3.8, 4) is 0 Å². The van der Waals surface area contributed by atoms with Crippen LogP contribution in [0.5, 0.6) is 0 Å². The number of aliphatic hydroxyl groups is 1. The highest BCUT2D eigenvalue weighted by Gasteiger charge is 2.36. The second-order valence-corrected chi connectivity index (χ2v) is 5.53. The van der Waals surface area contributed by atoms with E-state index in [1.54, 1.807) is 11.6 Å². The summed E-state index contributed by atoms with van der Waals surface area (Å²) in [4.78, 5) is 14.2. The lowest BCUT2D eigenvalue weighted by atomic mass is 9.77. The van der Waals surface area contributed by atoms with Crippen molar-refractivity contribution >= 4 is 11.6 Å². The standard InChI is InChI=1S/C12H20N4O3/c1-9-3-5-12(7-17,6-4-9)14-11-10(16(18)19)13-8-15(11)2/h8-9,14,17H,3-7H2,1-2H3. The molecule has 1 aliphatic carbocycles. The Bertz CT molecular complexity index is 464. The predicted octanol–water partition coefficient (Wildman–Crippen LogP) is 1.68. The molecular formula is C12H20N4O3. The van der Waals surface area contributed by atoms with E-state index in [-0.39, 0.29) is 12.4 Å². The van der Waals surface area contributed by atoms with E-state index in [2.05, 4.69) is 17.2 Å². The SMILES string of the molecule is CC1CCC(CO)(Nc2c([N+](=O)[O-])ncn2C)CC1. The molecule has 1 aliphatic rings. The van der Waals surface area contributed by atoms with E-state index in [0.717, 1.165) is 25.7 Å². The van der Waals surface area contributed by atoms with Crippen LogP contribution in [-0.4, -0.2) is 31.7 Å². The molecule has 0 spiro atoms. The average Bonchev–Trinajstić information content (AvgIpc) is 2.74. The van der Waals surface area contributed by atoms with E-state index < -0.39 is 10.5 Å². The maximum absolute atomic E-state index is 10.9. The van der Waals surface area contributed by atoms with Crippen LogP contribution in [0.3, 0.4) is 0 Å². The Morgan fingerprint density at radius 1 is 1.63 bits per heavy atom. The Morgan fingerprint density at radius 2 is 2.26 bits per heavy atom. The molecule has 0 radical (unpaired) electrons. The van der Waals surface area contributed by atoms with E-state index in [1.807, 2.05) is 0 Å². The minimum atomic E-state index is -0.501. The Kier molecular flexibility index (Phi) is 3.75. The van der Waals surface area contributed by atoms with E-state index in [1.165, 1.54) is 6.33 Å². The molecule has 1 aromatic rings. The number of imidazole rings is 1. The van der Waals surface area contributed by atoms with Gasteiger partial charge >= 0.3 is 5.82 Å². The molecule has 2 rings (SSSR count). The summed E-state index contributed by atoms with van der Waals surface area (Å²) in [6.45, 7) is 2.16. The zero-order valence-electron chi connectivity index (χ0n) is 11.3. The van der Waals surface area contributed by atoms with E-state index in [0.29, 0.717) is 11.7 Å². The van der Waals surface area contributed by atoms with Gasteiger partial charge in [-0.2, -0.15) is 0 Å². The van der Waals surface area contributed by atoms with Gasteiger partial charge in [0, 0.05) is 7.05 Å². The summed E-state index contributed by atoms with van der Waals surface area (Å²) in [5, 5.41) is 23.8. The van der Waals surface area contributed by atoms with Crippen LogP contribution in [0, 0.1) is 16.0 Å². The summed E-state index contributed by atoms with van der Waals surface area (Å²) >= 11 is 0. The molecule has 0 unspecified atom stereocenters. The van der Waals surface area contributed by atoms with Crippen molar-refractivity contribution in [1.29, 1.82) is 0 Å². The molecule has 0 saturated heterocycles. The van der Waals surface area contributed by atoms with Crippen LogP contribution in [0.2, 0.25) is 0 Å². The minimum absolute atomic E-state index is 0.0257. The Labute approximate surface area is 111 Å². The third-order valence-electron chi connectivity index (χ3n) is 4.01. The topological polar surface area (TPSA) is 93.2 Å². The first kappa shape index (κ1) is 13.8. The second kappa shape index (κ2) is 5.16. The Morgan fingerprint density at radius 3 is 2.79 bits per heavy atom. The molecule has 0 aromatic carbocycles. The minimum Gasteiger partial charge on any atom is -0.394 e. The normalized spacial score (nSPS) is 27.2. The van der Waals surface area contributed by atoms with Crippen molar-refractivity contribution in [2.45, 2.75) is 38.1 Å². The van der Waals surface area contributed by atoms with Gasteiger partial charge in [-0.15, -0.1) is 0 Å².